The van der Waals surface area contributed by atoms with Crippen LogP contribution in [0, 0.1) is 38.2 Å². The van der Waals surface area contributed by atoms with Crippen molar-refractivity contribution in [2.24, 2.45) is 0 Å². The van der Waals surface area contributed by atoms with E-state index < -0.39 is 0 Å². The Morgan fingerprint density at radius 2 is 0.238 bits per heavy atom. The SMILES string of the molecule is N#[O+].N#[O+].N#[O+].N#[O+].N#[O+].N#[O+].N#[O+].[Fe+3].[Fe+3].[Fe+3].[Fe+3].[S-2].[S-2].[S-2]. The summed E-state index contributed by atoms with van der Waals surface area (Å²) < 4.78 is 50.8. The van der Waals surface area contributed by atoms with E-state index in [1.165, 1.54) is 0 Å². The van der Waals surface area contributed by atoms with Crippen LogP contribution >= 0.6 is 0 Å². The number of rotatable bonds is 0. The summed E-state index contributed by atoms with van der Waals surface area (Å²) in [6.07, 6.45) is 0. The van der Waals surface area contributed by atoms with E-state index in [4.69, 9.17) is 71.6 Å². The molecule has 0 aromatic carbocycles. The standard InChI is InChI=1S/4Fe.7NO.3S/c;;;;7*1-2;;;/q4*+3;7*+1;3*-2. The molecule has 114 valence electrons. The minimum atomic E-state index is 0. The van der Waals surface area contributed by atoms with Crippen LogP contribution in [0.5, 0.6) is 0 Å². The molecule has 0 N–H and O–H groups in total. The molecule has 0 aromatic heterocycles. The van der Waals surface area contributed by atoms with Crippen molar-refractivity contribution in [3.63, 3.8) is 0 Å². The Kier molecular flexibility index (Phi) is 90000. The zero-order chi connectivity index (χ0) is 14.0. The summed E-state index contributed by atoms with van der Waals surface area (Å²) in [5.41, 5.74) is 40.2. The molecule has 0 atom stereocenters. The van der Waals surface area contributed by atoms with Crippen LogP contribution in [0.2, 0.25) is 0 Å². The van der Waals surface area contributed by atoms with Crippen molar-refractivity contribution < 1.29 is 102 Å². The van der Waals surface area contributed by atoms with Crippen LogP contribution < -0.4 is 0 Å². The van der Waals surface area contributed by atoms with Gasteiger partial charge in [0.2, 0.25) is 0 Å². The molecular formula is Fe4N7O7S3+13. The Hall–Kier alpha value is 0.818. The summed E-state index contributed by atoms with van der Waals surface area (Å²) in [4.78, 5) is 0. The summed E-state index contributed by atoms with van der Waals surface area (Å²) in [5, 5.41) is 0. The maximum atomic E-state index is 7.25. The second-order valence-electron chi connectivity index (χ2n) is 0. The molecule has 0 fully saturated rings. The van der Waals surface area contributed by atoms with Crippen LogP contribution in [0.1, 0.15) is 0 Å². The van der Waals surface area contributed by atoms with Gasteiger partial charge in [-0.2, -0.15) is 0 Å². The summed E-state index contributed by atoms with van der Waals surface area (Å²) in [7, 11) is 0. The van der Waals surface area contributed by atoms with E-state index in [2.05, 4.69) is 0 Å². The molecule has 0 bridgehead atoms. The Bertz CT molecular complexity index is 132. The van der Waals surface area contributed by atoms with E-state index in [0.717, 1.165) is 0 Å². The fraction of sp³-hybridized carbons (Fsp3) is 0. The molecule has 0 heterocycles. The molecule has 0 aromatic rings. The number of hydrogen-bond acceptors (Lipinski definition) is 7. The summed E-state index contributed by atoms with van der Waals surface area (Å²) in [6.45, 7) is 0. The predicted molar refractivity (Wildman–Crippen MR) is 39.0 cm³/mol. The minimum absolute atomic E-state index is 0. The third-order valence-corrected chi connectivity index (χ3v) is 0. The van der Waals surface area contributed by atoms with Crippen LogP contribution in [0.3, 0.4) is 0 Å². The Morgan fingerprint density at radius 3 is 0.238 bits per heavy atom. The molecule has 0 unspecified atom stereocenters. The third kappa shape index (κ3) is 11000. The first kappa shape index (κ1) is 155. The molecule has 21 heavy (non-hydrogen) atoms. The minimum Gasteiger partial charge on any atom is -2.00 e. The molecular weight excluding hydrogens is 530 g/mol. The zero-order valence-corrected chi connectivity index (χ0v) is 15.5. The van der Waals surface area contributed by atoms with Crippen molar-refractivity contribution in [2.75, 3.05) is 0 Å². The van der Waals surface area contributed by atoms with Gasteiger partial charge in [-0.1, -0.05) is 0 Å². The van der Waals surface area contributed by atoms with E-state index in [0.29, 0.717) is 0 Å². The van der Waals surface area contributed by atoms with E-state index >= 15 is 0 Å². The van der Waals surface area contributed by atoms with Gasteiger partial charge in [0, 0.05) is 0 Å². The van der Waals surface area contributed by atoms with Crippen LogP contribution in [-0.4, -0.2) is 0 Å². The first-order chi connectivity index (χ1) is 7.00. The van der Waals surface area contributed by atoms with Crippen LogP contribution in [0.4, 0.5) is 0 Å². The van der Waals surface area contributed by atoms with Gasteiger partial charge in [0.15, 0.2) is 0 Å². The van der Waals surface area contributed by atoms with Gasteiger partial charge in [-0.05, 0) is 0 Å². The van der Waals surface area contributed by atoms with Gasteiger partial charge in [-0.25, -0.2) is 0 Å². The van der Waals surface area contributed by atoms with Crippen LogP contribution in [0.25, 0.3) is 0 Å². The van der Waals surface area contributed by atoms with Gasteiger partial charge in [0.1, 0.15) is 0 Å². The number of nitrogens with zero attached hydrogens (tertiary/aromatic N) is 7. The summed E-state index contributed by atoms with van der Waals surface area (Å²) in [6, 6.07) is 0. The average molecular weight is 530 g/mol. The summed E-state index contributed by atoms with van der Waals surface area (Å²) >= 11 is 0. The molecule has 0 aliphatic heterocycles. The van der Waals surface area contributed by atoms with Crippen molar-refractivity contribution in [3.05, 3.63) is 0 Å². The second-order valence-corrected chi connectivity index (χ2v) is 0. The van der Waals surface area contributed by atoms with Crippen LogP contribution in [-0.2, 0) is 142 Å². The molecule has 14 nitrogen and oxygen atoms in total. The maximum absolute atomic E-state index is 7.25. The van der Waals surface area contributed by atoms with Gasteiger partial charge in [-0.3, -0.25) is 0 Å². The molecule has 0 aliphatic rings. The Morgan fingerprint density at radius 1 is 0.238 bits per heavy atom. The van der Waals surface area contributed by atoms with Gasteiger partial charge in [0.25, 0.3) is 0 Å². The van der Waals surface area contributed by atoms with Gasteiger partial charge in [-0.15, -0.1) is 0 Å². The van der Waals surface area contributed by atoms with E-state index in [1.54, 1.807) is 0 Å². The van der Waals surface area contributed by atoms with Crippen molar-refractivity contribution in [3.8, 4) is 0 Å². The van der Waals surface area contributed by atoms with Crippen molar-refractivity contribution in [1.29, 1.82) is 38.2 Å². The van der Waals surface area contributed by atoms with Gasteiger partial charge >= 0.3 is 140 Å². The zero-order valence-electron chi connectivity index (χ0n) is 8.63. The molecule has 0 aliphatic carbocycles. The average Bonchev–Trinajstić information content (AvgIpc) is 2.45. The quantitative estimate of drug-likeness (QED) is 0.285. The largest absolute Gasteiger partial charge is 3.00 e. The van der Waals surface area contributed by atoms with Gasteiger partial charge in [0.05, 0.1) is 0 Å². The fourth-order valence-electron chi connectivity index (χ4n) is 0. The molecule has 4 radical (unpaired) electrons. The molecule has 0 spiro atoms. The predicted octanol–water partition coefficient (Wildman–Crippen LogP) is -0.743. The van der Waals surface area contributed by atoms with Crippen molar-refractivity contribution in [1.82, 2.24) is 0 Å². The normalized spacial score (nSPS) is 0.667. The van der Waals surface area contributed by atoms with E-state index in [1.807, 2.05) is 0 Å². The first-order valence-electron chi connectivity index (χ1n) is 1.28. The molecule has 21 heteroatoms. The second kappa shape index (κ2) is 12200. The fourth-order valence-corrected chi connectivity index (χ4v) is 0. The molecule has 0 saturated carbocycles. The van der Waals surface area contributed by atoms with E-state index in [-0.39, 0.29) is 109 Å². The Balaban J connectivity index is -0.00000000215. The van der Waals surface area contributed by atoms with E-state index in [9.17, 15) is 0 Å². The maximum Gasteiger partial charge on any atom is 3.00 e. The third-order valence-electron chi connectivity index (χ3n) is 0. The Labute approximate surface area is 179 Å². The van der Waals surface area contributed by atoms with Gasteiger partial charge < -0.3 is 40.5 Å². The molecule has 0 amide bonds. The monoisotopic (exact) mass is 530 g/mol. The molecule has 0 rings (SSSR count). The summed E-state index contributed by atoms with van der Waals surface area (Å²) in [5.74, 6) is 0. The van der Waals surface area contributed by atoms with Crippen molar-refractivity contribution in [2.45, 2.75) is 0 Å². The topological polar surface area (TPSA) is 306 Å². The van der Waals surface area contributed by atoms with Crippen molar-refractivity contribution >= 4 is 40.5 Å². The van der Waals surface area contributed by atoms with Crippen LogP contribution in [0.15, 0.2) is 0 Å². The first-order valence-corrected chi connectivity index (χ1v) is 1.28. The smallest absolute Gasteiger partial charge is 2.00 e. The number of hydrogen-bond donors (Lipinski definition) is 0. The molecule has 0 saturated heterocycles.